The molecule has 0 aliphatic heterocycles. The minimum atomic E-state index is -0.887. The Kier molecular flexibility index (Phi) is 4.68. The van der Waals surface area contributed by atoms with Crippen molar-refractivity contribution < 1.29 is 9.59 Å². The average molecular weight is 370 g/mol. The van der Waals surface area contributed by atoms with Crippen molar-refractivity contribution in [3.8, 4) is 0 Å². The SMILES string of the molecule is NC(=O)[C@@H](Cc1cnc2ccccc2n1)NC(=O)c1cccc2ccccc12. The number of rotatable bonds is 5. The van der Waals surface area contributed by atoms with Crippen LogP contribution in [0.2, 0.25) is 0 Å². The Balaban J connectivity index is 1.59. The monoisotopic (exact) mass is 370 g/mol. The van der Waals surface area contributed by atoms with Crippen LogP contribution in [0.1, 0.15) is 16.1 Å². The molecule has 138 valence electrons. The molecular weight excluding hydrogens is 352 g/mol. The van der Waals surface area contributed by atoms with Gasteiger partial charge >= 0.3 is 0 Å². The number of para-hydroxylation sites is 2. The molecule has 0 aliphatic rings. The van der Waals surface area contributed by atoms with Crippen LogP contribution in [-0.4, -0.2) is 27.8 Å². The van der Waals surface area contributed by atoms with E-state index < -0.39 is 11.9 Å². The van der Waals surface area contributed by atoms with Gasteiger partial charge in [-0.1, -0.05) is 48.5 Å². The van der Waals surface area contributed by atoms with Crippen molar-refractivity contribution in [2.75, 3.05) is 0 Å². The van der Waals surface area contributed by atoms with Gasteiger partial charge in [0.15, 0.2) is 0 Å². The Bertz CT molecular complexity index is 1180. The Morgan fingerprint density at radius 1 is 0.929 bits per heavy atom. The highest BCUT2D eigenvalue weighted by molar-refractivity contribution is 6.08. The molecule has 6 heteroatoms. The predicted molar refractivity (Wildman–Crippen MR) is 108 cm³/mol. The molecular formula is C22H18N4O2. The lowest BCUT2D eigenvalue weighted by atomic mass is 10.0. The lowest BCUT2D eigenvalue weighted by molar-refractivity contribution is -0.119. The van der Waals surface area contributed by atoms with Crippen LogP contribution in [0.3, 0.4) is 0 Å². The number of primary amides is 1. The third kappa shape index (κ3) is 3.53. The molecule has 28 heavy (non-hydrogen) atoms. The number of fused-ring (bicyclic) bond motifs is 2. The average Bonchev–Trinajstić information content (AvgIpc) is 2.72. The molecule has 1 atom stereocenters. The van der Waals surface area contributed by atoms with Crippen LogP contribution < -0.4 is 11.1 Å². The predicted octanol–water partition coefficient (Wildman–Crippen LogP) is 2.61. The summed E-state index contributed by atoms with van der Waals surface area (Å²) in [6.45, 7) is 0. The van der Waals surface area contributed by atoms with Gasteiger partial charge in [-0.25, -0.2) is 4.98 Å². The molecule has 4 aromatic rings. The fourth-order valence-electron chi connectivity index (χ4n) is 3.19. The second kappa shape index (κ2) is 7.44. The number of carbonyl (C=O) groups is 2. The number of hydrogen-bond acceptors (Lipinski definition) is 4. The first-order valence-electron chi connectivity index (χ1n) is 8.90. The normalized spacial score (nSPS) is 12.0. The summed E-state index contributed by atoms with van der Waals surface area (Å²) in [4.78, 5) is 33.6. The van der Waals surface area contributed by atoms with Gasteiger partial charge in [-0.15, -0.1) is 0 Å². The molecule has 0 saturated carbocycles. The second-order valence-corrected chi connectivity index (χ2v) is 6.51. The molecule has 3 N–H and O–H groups in total. The number of amides is 2. The number of hydrogen-bond donors (Lipinski definition) is 2. The van der Waals surface area contributed by atoms with Crippen LogP contribution >= 0.6 is 0 Å². The van der Waals surface area contributed by atoms with Gasteiger partial charge in [0, 0.05) is 18.2 Å². The van der Waals surface area contributed by atoms with Crippen molar-refractivity contribution in [2.45, 2.75) is 12.5 Å². The zero-order valence-electron chi connectivity index (χ0n) is 15.0. The van der Waals surface area contributed by atoms with Crippen LogP contribution in [0.4, 0.5) is 0 Å². The number of nitrogens with zero attached hydrogens (tertiary/aromatic N) is 2. The minimum Gasteiger partial charge on any atom is -0.368 e. The van der Waals surface area contributed by atoms with Crippen molar-refractivity contribution >= 4 is 33.6 Å². The summed E-state index contributed by atoms with van der Waals surface area (Å²) in [5.41, 5.74) is 8.10. The molecule has 1 aromatic heterocycles. The summed E-state index contributed by atoms with van der Waals surface area (Å²) in [5, 5.41) is 4.51. The van der Waals surface area contributed by atoms with Crippen molar-refractivity contribution in [1.82, 2.24) is 15.3 Å². The summed E-state index contributed by atoms with van der Waals surface area (Å²) in [6, 6.07) is 19.6. The number of carbonyl (C=O) groups excluding carboxylic acids is 2. The first kappa shape index (κ1) is 17.6. The quantitative estimate of drug-likeness (QED) is 0.564. The zero-order chi connectivity index (χ0) is 19.5. The van der Waals surface area contributed by atoms with Crippen LogP contribution in [0.25, 0.3) is 21.8 Å². The third-order valence-corrected chi connectivity index (χ3v) is 4.59. The highest BCUT2D eigenvalue weighted by atomic mass is 16.2. The van der Waals surface area contributed by atoms with Crippen molar-refractivity contribution in [3.63, 3.8) is 0 Å². The molecule has 0 fully saturated rings. The molecule has 0 saturated heterocycles. The number of aromatic nitrogens is 2. The number of benzene rings is 3. The van der Waals surface area contributed by atoms with E-state index in [4.69, 9.17) is 5.73 Å². The molecule has 1 heterocycles. The highest BCUT2D eigenvalue weighted by Gasteiger charge is 2.21. The van der Waals surface area contributed by atoms with E-state index in [0.717, 1.165) is 21.8 Å². The lowest BCUT2D eigenvalue weighted by Crippen LogP contribution is -2.46. The van der Waals surface area contributed by atoms with Gasteiger partial charge in [0.2, 0.25) is 5.91 Å². The zero-order valence-corrected chi connectivity index (χ0v) is 15.0. The Labute approximate surface area is 161 Å². The summed E-state index contributed by atoms with van der Waals surface area (Å²) >= 11 is 0. The largest absolute Gasteiger partial charge is 0.368 e. The van der Waals surface area contributed by atoms with Gasteiger partial charge in [0.05, 0.1) is 16.7 Å². The van der Waals surface area contributed by atoms with Gasteiger partial charge in [0.25, 0.3) is 5.91 Å². The summed E-state index contributed by atoms with van der Waals surface area (Å²) in [6.07, 6.45) is 1.77. The molecule has 3 aromatic carbocycles. The number of nitrogens with one attached hydrogen (secondary N) is 1. The lowest BCUT2D eigenvalue weighted by Gasteiger charge is -2.16. The smallest absolute Gasteiger partial charge is 0.252 e. The van der Waals surface area contributed by atoms with E-state index in [9.17, 15) is 9.59 Å². The van der Waals surface area contributed by atoms with E-state index in [1.54, 1.807) is 12.3 Å². The van der Waals surface area contributed by atoms with Gasteiger partial charge < -0.3 is 11.1 Å². The van der Waals surface area contributed by atoms with E-state index in [-0.39, 0.29) is 12.3 Å². The topological polar surface area (TPSA) is 98.0 Å². The van der Waals surface area contributed by atoms with Crippen molar-refractivity contribution in [3.05, 3.63) is 84.2 Å². The maximum atomic E-state index is 12.8. The first-order valence-corrected chi connectivity index (χ1v) is 8.90. The second-order valence-electron chi connectivity index (χ2n) is 6.51. The fourth-order valence-corrected chi connectivity index (χ4v) is 3.19. The van der Waals surface area contributed by atoms with E-state index in [0.29, 0.717) is 11.3 Å². The summed E-state index contributed by atoms with van der Waals surface area (Å²) in [5.74, 6) is -0.974. The molecule has 0 spiro atoms. The molecule has 2 amide bonds. The standard InChI is InChI=1S/C22H18N4O2/c23-21(27)20(12-15-13-24-18-10-3-4-11-19(18)25-15)26-22(28)17-9-5-7-14-6-1-2-8-16(14)17/h1-11,13,20H,12H2,(H2,23,27)(H,26,28)/t20-/m1/s1. The van der Waals surface area contributed by atoms with Crippen molar-refractivity contribution in [1.29, 1.82) is 0 Å². The first-order chi connectivity index (χ1) is 13.6. The van der Waals surface area contributed by atoms with Crippen LogP contribution in [0.5, 0.6) is 0 Å². The van der Waals surface area contributed by atoms with E-state index >= 15 is 0 Å². The van der Waals surface area contributed by atoms with Gasteiger partial charge in [-0.05, 0) is 29.0 Å². The molecule has 6 nitrogen and oxygen atoms in total. The van der Waals surface area contributed by atoms with Crippen LogP contribution in [0.15, 0.2) is 72.9 Å². The van der Waals surface area contributed by atoms with Crippen LogP contribution in [0, 0.1) is 0 Å². The highest BCUT2D eigenvalue weighted by Crippen LogP contribution is 2.18. The van der Waals surface area contributed by atoms with Gasteiger partial charge in [-0.3, -0.25) is 14.6 Å². The third-order valence-electron chi connectivity index (χ3n) is 4.59. The van der Waals surface area contributed by atoms with Gasteiger partial charge in [-0.2, -0.15) is 0 Å². The Hall–Kier alpha value is -3.80. The Morgan fingerprint density at radius 3 is 2.46 bits per heavy atom. The molecule has 0 radical (unpaired) electrons. The summed E-state index contributed by atoms with van der Waals surface area (Å²) in [7, 11) is 0. The molecule has 0 aliphatic carbocycles. The maximum absolute atomic E-state index is 12.8. The van der Waals surface area contributed by atoms with Gasteiger partial charge in [0.1, 0.15) is 6.04 Å². The van der Waals surface area contributed by atoms with E-state index in [1.807, 2.05) is 60.7 Å². The van der Waals surface area contributed by atoms with Crippen molar-refractivity contribution in [2.24, 2.45) is 5.73 Å². The van der Waals surface area contributed by atoms with Crippen LogP contribution in [-0.2, 0) is 11.2 Å². The minimum absolute atomic E-state index is 0.170. The van der Waals surface area contributed by atoms with E-state index in [2.05, 4.69) is 15.3 Å². The van der Waals surface area contributed by atoms with E-state index in [1.165, 1.54) is 0 Å². The maximum Gasteiger partial charge on any atom is 0.252 e. The summed E-state index contributed by atoms with van der Waals surface area (Å²) < 4.78 is 0. The molecule has 0 bridgehead atoms. The molecule has 4 rings (SSSR count). The molecule has 0 unspecified atom stereocenters. The number of nitrogens with two attached hydrogens (primary N) is 1. The fraction of sp³-hybridized carbons (Fsp3) is 0.0909. The Morgan fingerprint density at radius 2 is 1.64 bits per heavy atom.